The molecule has 2 aromatic heterocycles. The topological polar surface area (TPSA) is 96.4 Å². The van der Waals surface area contributed by atoms with Gasteiger partial charge in [0.1, 0.15) is 9.77 Å². The number of aryl methyl sites for hydroxylation is 2. The summed E-state index contributed by atoms with van der Waals surface area (Å²) in [5.41, 5.74) is 1.68. The van der Waals surface area contributed by atoms with E-state index < -0.39 is 16.0 Å². The maximum absolute atomic E-state index is 12.3. The average molecular weight is 391 g/mol. The molecule has 0 fully saturated rings. The van der Waals surface area contributed by atoms with Crippen LogP contribution in [0.5, 0.6) is 0 Å². The van der Waals surface area contributed by atoms with Gasteiger partial charge in [-0.05, 0) is 48.0 Å². The van der Waals surface area contributed by atoms with Gasteiger partial charge in [-0.15, -0.1) is 11.3 Å². The van der Waals surface area contributed by atoms with E-state index in [-0.39, 0.29) is 13.6 Å². The van der Waals surface area contributed by atoms with Gasteiger partial charge in [-0.25, -0.2) is 13.2 Å². The Morgan fingerprint density at radius 1 is 1.38 bits per heavy atom. The van der Waals surface area contributed by atoms with Crippen LogP contribution >= 0.6 is 27.3 Å². The summed E-state index contributed by atoms with van der Waals surface area (Å²) in [6.45, 7) is 3.50. The van der Waals surface area contributed by atoms with Crippen molar-refractivity contribution in [2.24, 2.45) is 0 Å². The van der Waals surface area contributed by atoms with Crippen LogP contribution in [0.2, 0.25) is 0 Å². The SMILES string of the molecule is Cc1ccc(NS(=O)(=O)c2cc(C(=O)O)sc2Br)c(C)n1. The van der Waals surface area contributed by atoms with Gasteiger partial charge in [0.25, 0.3) is 10.0 Å². The first-order chi connectivity index (χ1) is 9.70. The van der Waals surface area contributed by atoms with Gasteiger partial charge >= 0.3 is 5.97 Å². The zero-order valence-electron chi connectivity index (χ0n) is 11.0. The molecule has 0 saturated carbocycles. The minimum absolute atomic E-state index is 0.0546. The number of nitrogens with one attached hydrogen (secondary N) is 1. The molecule has 0 aromatic carbocycles. The van der Waals surface area contributed by atoms with Crippen molar-refractivity contribution >= 4 is 48.9 Å². The van der Waals surface area contributed by atoms with E-state index in [1.807, 2.05) is 0 Å². The van der Waals surface area contributed by atoms with Gasteiger partial charge in [0.05, 0.1) is 15.2 Å². The molecule has 0 saturated heterocycles. The number of carbonyl (C=O) groups is 1. The first-order valence-corrected chi connectivity index (χ1v) is 8.79. The van der Waals surface area contributed by atoms with E-state index in [1.165, 1.54) is 0 Å². The largest absolute Gasteiger partial charge is 0.477 e. The molecule has 2 heterocycles. The lowest BCUT2D eigenvalue weighted by Gasteiger charge is -2.09. The summed E-state index contributed by atoms with van der Waals surface area (Å²) in [6, 6.07) is 4.43. The van der Waals surface area contributed by atoms with E-state index in [2.05, 4.69) is 25.6 Å². The molecular weight excluding hydrogens is 380 g/mol. The Hall–Kier alpha value is -1.45. The number of carboxylic acids is 1. The van der Waals surface area contributed by atoms with Gasteiger partial charge in [-0.2, -0.15) is 0 Å². The molecule has 0 unspecified atom stereocenters. The van der Waals surface area contributed by atoms with Crippen LogP contribution in [0, 0.1) is 13.8 Å². The second kappa shape index (κ2) is 5.74. The number of thiophene rings is 1. The van der Waals surface area contributed by atoms with Crippen LogP contribution in [0.1, 0.15) is 21.1 Å². The lowest BCUT2D eigenvalue weighted by atomic mass is 10.3. The highest BCUT2D eigenvalue weighted by molar-refractivity contribution is 9.11. The molecule has 0 atom stereocenters. The molecule has 0 spiro atoms. The summed E-state index contributed by atoms with van der Waals surface area (Å²) in [4.78, 5) is 14.9. The van der Waals surface area contributed by atoms with Crippen molar-refractivity contribution in [1.82, 2.24) is 4.98 Å². The molecule has 21 heavy (non-hydrogen) atoms. The number of pyridine rings is 1. The zero-order valence-corrected chi connectivity index (χ0v) is 14.3. The lowest BCUT2D eigenvalue weighted by molar-refractivity contribution is 0.0702. The van der Waals surface area contributed by atoms with Crippen molar-refractivity contribution in [2.75, 3.05) is 4.72 Å². The molecule has 112 valence electrons. The normalized spacial score (nSPS) is 11.4. The van der Waals surface area contributed by atoms with Crippen LogP contribution in [0.25, 0.3) is 0 Å². The minimum Gasteiger partial charge on any atom is -0.477 e. The third-order valence-corrected chi connectivity index (χ3v) is 6.23. The number of aromatic carboxylic acids is 1. The van der Waals surface area contributed by atoms with Gasteiger partial charge in [0.15, 0.2) is 0 Å². The Morgan fingerprint density at radius 3 is 2.57 bits per heavy atom. The number of hydrogen-bond acceptors (Lipinski definition) is 5. The van der Waals surface area contributed by atoms with E-state index in [0.717, 1.165) is 23.1 Å². The van der Waals surface area contributed by atoms with Crippen LogP contribution in [0.4, 0.5) is 5.69 Å². The number of aromatic nitrogens is 1. The van der Waals surface area contributed by atoms with Gasteiger partial charge in [0.2, 0.25) is 0 Å². The Morgan fingerprint density at radius 2 is 2.05 bits per heavy atom. The molecule has 6 nitrogen and oxygen atoms in total. The van der Waals surface area contributed by atoms with Crippen molar-refractivity contribution in [3.8, 4) is 0 Å². The minimum atomic E-state index is -3.88. The standard InChI is InChI=1S/C12H11BrN2O4S2/c1-6-3-4-8(7(2)14-6)15-21(18,19)10-5-9(12(16)17)20-11(10)13/h3-5,15H,1-2H3,(H,16,17). The van der Waals surface area contributed by atoms with Crippen molar-refractivity contribution in [2.45, 2.75) is 18.7 Å². The smallest absolute Gasteiger partial charge is 0.345 e. The fourth-order valence-electron chi connectivity index (χ4n) is 1.63. The first-order valence-electron chi connectivity index (χ1n) is 5.70. The number of rotatable bonds is 4. The van der Waals surface area contributed by atoms with Crippen molar-refractivity contribution in [3.05, 3.63) is 38.3 Å². The van der Waals surface area contributed by atoms with Gasteiger partial charge in [-0.3, -0.25) is 9.71 Å². The third-order valence-electron chi connectivity index (χ3n) is 2.63. The average Bonchev–Trinajstić information content (AvgIpc) is 2.76. The second-order valence-electron chi connectivity index (χ2n) is 4.24. The van der Waals surface area contributed by atoms with Gasteiger partial charge in [-0.1, -0.05) is 0 Å². The molecule has 0 aliphatic carbocycles. The summed E-state index contributed by atoms with van der Waals surface area (Å²) in [7, 11) is -3.88. The van der Waals surface area contributed by atoms with Crippen LogP contribution in [-0.2, 0) is 10.0 Å². The molecule has 0 radical (unpaired) electrons. The molecule has 0 amide bonds. The number of nitrogens with zero attached hydrogens (tertiary/aromatic N) is 1. The Kier molecular flexibility index (Phi) is 4.35. The number of sulfonamides is 1. The van der Waals surface area contributed by atoms with E-state index in [1.54, 1.807) is 26.0 Å². The van der Waals surface area contributed by atoms with Crippen molar-refractivity contribution < 1.29 is 18.3 Å². The molecular formula is C12H11BrN2O4S2. The second-order valence-corrected chi connectivity index (χ2v) is 8.27. The van der Waals surface area contributed by atoms with Crippen molar-refractivity contribution in [3.63, 3.8) is 0 Å². The molecule has 0 bridgehead atoms. The van der Waals surface area contributed by atoms with E-state index >= 15 is 0 Å². The van der Waals surface area contributed by atoms with E-state index in [0.29, 0.717) is 11.4 Å². The van der Waals surface area contributed by atoms with Crippen LogP contribution < -0.4 is 4.72 Å². The number of hydrogen-bond donors (Lipinski definition) is 2. The zero-order chi connectivity index (χ0) is 15.8. The van der Waals surface area contributed by atoms with Crippen LogP contribution in [-0.4, -0.2) is 24.5 Å². The van der Waals surface area contributed by atoms with Crippen LogP contribution in [0.3, 0.4) is 0 Å². The summed E-state index contributed by atoms with van der Waals surface area (Å²) < 4.78 is 27.3. The first kappa shape index (κ1) is 15.9. The Balaban J connectivity index is 2.41. The number of carboxylic acid groups (broad SMARTS) is 1. The predicted octanol–water partition coefficient (Wildman–Crippen LogP) is 3.02. The third kappa shape index (κ3) is 3.42. The summed E-state index contributed by atoms with van der Waals surface area (Å²) in [6.07, 6.45) is 0. The molecule has 2 aromatic rings. The van der Waals surface area contributed by atoms with E-state index in [4.69, 9.17) is 5.11 Å². The summed E-state index contributed by atoms with van der Waals surface area (Å²) in [5, 5.41) is 8.92. The van der Waals surface area contributed by atoms with Crippen molar-refractivity contribution in [1.29, 1.82) is 0 Å². The highest BCUT2D eigenvalue weighted by Crippen LogP contribution is 2.33. The summed E-state index contributed by atoms with van der Waals surface area (Å²) >= 11 is 3.93. The molecule has 0 aliphatic heterocycles. The van der Waals surface area contributed by atoms with Gasteiger partial charge < -0.3 is 5.11 Å². The molecule has 2 rings (SSSR count). The predicted molar refractivity (Wildman–Crippen MR) is 83.5 cm³/mol. The fraction of sp³-hybridized carbons (Fsp3) is 0.167. The Bertz CT molecular complexity index is 815. The highest BCUT2D eigenvalue weighted by atomic mass is 79.9. The maximum Gasteiger partial charge on any atom is 0.345 e. The molecule has 2 N–H and O–H groups in total. The fourth-order valence-corrected chi connectivity index (χ4v) is 5.16. The number of halogens is 1. The quantitative estimate of drug-likeness (QED) is 0.835. The Labute approximate surface area is 134 Å². The van der Waals surface area contributed by atoms with Gasteiger partial charge in [0, 0.05) is 5.69 Å². The number of anilines is 1. The van der Waals surface area contributed by atoms with Crippen LogP contribution in [0.15, 0.2) is 26.9 Å². The monoisotopic (exact) mass is 390 g/mol. The maximum atomic E-state index is 12.3. The van der Waals surface area contributed by atoms with E-state index in [9.17, 15) is 13.2 Å². The summed E-state index contributed by atoms with van der Waals surface area (Å²) in [5.74, 6) is -1.17. The molecule has 9 heteroatoms. The molecule has 0 aliphatic rings. The lowest BCUT2D eigenvalue weighted by Crippen LogP contribution is -2.14. The highest BCUT2D eigenvalue weighted by Gasteiger charge is 2.23.